The van der Waals surface area contributed by atoms with Crippen molar-refractivity contribution >= 4 is 24.4 Å². The van der Waals surface area contributed by atoms with Crippen LogP contribution in [-0.4, -0.2) is 33.9 Å². The van der Waals surface area contributed by atoms with Gasteiger partial charge in [-0.1, -0.05) is 57.0 Å². The lowest BCUT2D eigenvalue weighted by atomic mass is 9.85. The molecule has 2 aromatic carbocycles. The molecule has 1 heterocycles. The lowest BCUT2D eigenvalue weighted by Crippen LogP contribution is -2.66. The lowest BCUT2D eigenvalue weighted by Gasteiger charge is -2.44. The molecule has 0 bridgehead atoms. The fourth-order valence-electron chi connectivity index (χ4n) is 5.38. The molecular formula is C26H32N2O3S. The third-order valence-corrected chi connectivity index (χ3v) is 7.48. The predicted molar refractivity (Wildman–Crippen MR) is 127 cm³/mol. The van der Waals surface area contributed by atoms with E-state index in [1.54, 1.807) is 4.90 Å². The molecule has 0 radical (unpaired) electrons. The first-order valence-electron chi connectivity index (χ1n) is 11.6. The largest absolute Gasteiger partial charge is 0.392 e. The van der Waals surface area contributed by atoms with Gasteiger partial charge in [-0.3, -0.25) is 9.59 Å². The Morgan fingerprint density at radius 1 is 1.06 bits per heavy atom. The smallest absolute Gasteiger partial charge is 0.246 e. The van der Waals surface area contributed by atoms with Crippen LogP contribution in [0.2, 0.25) is 0 Å². The average Bonchev–Trinajstić information content (AvgIpc) is 3.23. The van der Waals surface area contributed by atoms with Crippen molar-refractivity contribution in [2.45, 2.75) is 69.7 Å². The summed E-state index contributed by atoms with van der Waals surface area (Å²) >= 11 is 4.38. The monoisotopic (exact) mass is 452 g/mol. The van der Waals surface area contributed by atoms with Gasteiger partial charge in [0, 0.05) is 11.4 Å². The van der Waals surface area contributed by atoms with E-state index >= 15 is 0 Å². The van der Waals surface area contributed by atoms with Crippen LogP contribution >= 0.6 is 12.6 Å². The maximum absolute atomic E-state index is 13.9. The van der Waals surface area contributed by atoms with Gasteiger partial charge in [0.25, 0.3) is 0 Å². The van der Waals surface area contributed by atoms with E-state index in [9.17, 15) is 14.7 Å². The molecule has 1 unspecified atom stereocenters. The first kappa shape index (κ1) is 22.9. The minimum atomic E-state index is -0.526. The summed E-state index contributed by atoms with van der Waals surface area (Å²) in [4.78, 5) is 29.8. The van der Waals surface area contributed by atoms with Gasteiger partial charge in [-0.25, -0.2) is 0 Å². The zero-order valence-electron chi connectivity index (χ0n) is 18.8. The number of benzene rings is 2. The van der Waals surface area contributed by atoms with Crippen LogP contribution in [0, 0.1) is 11.8 Å². The van der Waals surface area contributed by atoms with Crippen LogP contribution in [0.5, 0.6) is 0 Å². The number of nitrogens with one attached hydrogen (secondary N) is 1. The van der Waals surface area contributed by atoms with E-state index in [0.717, 1.165) is 41.7 Å². The number of aliphatic hydroxyl groups excluding tert-OH is 1. The normalized spacial score (nSPS) is 21.2. The summed E-state index contributed by atoms with van der Waals surface area (Å²) in [7, 11) is 0. The average molecular weight is 453 g/mol. The highest BCUT2D eigenvalue weighted by atomic mass is 32.1. The number of aliphatic hydroxyl groups is 1. The highest BCUT2D eigenvalue weighted by Crippen LogP contribution is 2.33. The van der Waals surface area contributed by atoms with Crippen LogP contribution in [0.1, 0.15) is 48.9 Å². The van der Waals surface area contributed by atoms with E-state index in [1.165, 1.54) is 11.1 Å². The van der Waals surface area contributed by atoms with Crippen molar-refractivity contribution in [1.82, 2.24) is 10.2 Å². The number of carbonyl (C=O) groups is 2. The molecule has 2 N–H and O–H groups in total. The molecule has 170 valence electrons. The quantitative estimate of drug-likeness (QED) is 0.563. The number of hydrogen-bond donors (Lipinski definition) is 3. The second kappa shape index (κ2) is 9.67. The van der Waals surface area contributed by atoms with Crippen LogP contribution in [0.25, 0.3) is 0 Å². The van der Waals surface area contributed by atoms with Crippen molar-refractivity contribution in [3.8, 4) is 0 Å². The topological polar surface area (TPSA) is 69.6 Å². The molecule has 32 heavy (non-hydrogen) atoms. The van der Waals surface area contributed by atoms with Crippen LogP contribution in [0.4, 0.5) is 0 Å². The molecule has 2 aromatic rings. The standard InChI is InChI=1S/C26H32N2O3S/c1-3-16(4-2)24-25(30)27-23(20-11-17-7-5-6-8-18(17)12-20)26(31)28(24)14-19-9-10-22(32)13-21(19)15-29/h5-10,13,16,20,23-24,29,32H,3-4,11-12,14-15H2,1-2H3,(H,27,30)/t23?,24-/m1/s1. The molecule has 1 aliphatic carbocycles. The number of rotatable bonds is 7. The van der Waals surface area contributed by atoms with E-state index in [4.69, 9.17) is 0 Å². The van der Waals surface area contributed by atoms with Crippen molar-refractivity contribution in [2.24, 2.45) is 11.8 Å². The predicted octanol–water partition coefficient (Wildman–Crippen LogP) is 3.51. The van der Waals surface area contributed by atoms with Gasteiger partial charge >= 0.3 is 0 Å². The highest BCUT2D eigenvalue weighted by molar-refractivity contribution is 7.80. The SMILES string of the molecule is CCC(CC)[C@@H]1C(=O)NC(C2Cc3ccccc3C2)C(=O)N1Cc1ccc(S)cc1CO. The number of nitrogens with zero attached hydrogens (tertiary/aromatic N) is 1. The van der Waals surface area contributed by atoms with Crippen LogP contribution < -0.4 is 5.32 Å². The Morgan fingerprint density at radius 2 is 1.72 bits per heavy atom. The molecule has 4 rings (SSSR count). The van der Waals surface area contributed by atoms with E-state index < -0.39 is 12.1 Å². The minimum absolute atomic E-state index is 0.0156. The van der Waals surface area contributed by atoms with Crippen molar-refractivity contribution in [1.29, 1.82) is 0 Å². The van der Waals surface area contributed by atoms with Gasteiger partial charge < -0.3 is 15.3 Å². The Morgan fingerprint density at radius 3 is 2.31 bits per heavy atom. The van der Waals surface area contributed by atoms with Gasteiger partial charge in [-0.15, -0.1) is 12.6 Å². The molecular weight excluding hydrogens is 420 g/mol. The highest BCUT2D eigenvalue weighted by Gasteiger charge is 2.47. The summed E-state index contributed by atoms with van der Waals surface area (Å²) in [6.07, 6.45) is 3.24. The van der Waals surface area contributed by atoms with Gasteiger partial charge in [0.05, 0.1) is 6.61 Å². The van der Waals surface area contributed by atoms with E-state index in [2.05, 4.69) is 43.9 Å². The zero-order chi connectivity index (χ0) is 22.8. The Kier molecular flexibility index (Phi) is 6.91. The maximum atomic E-state index is 13.9. The zero-order valence-corrected chi connectivity index (χ0v) is 19.6. The number of piperazine rings is 1. The molecule has 6 heteroatoms. The van der Waals surface area contributed by atoms with Gasteiger partial charge in [0.2, 0.25) is 11.8 Å². The second-order valence-corrected chi connectivity index (χ2v) is 9.54. The van der Waals surface area contributed by atoms with Gasteiger partial charge in [-0.05, 0) is 59.1 Å². The molecule has 2 atom stereocenters. The number of fused-ring (bicyclic) bond motifs is 1. The number of amides is 2. The summed E-state index contributed by atoms with van der Waals surface area (Å²) in [6.45, 7) is 4.32. The Bertz CT molecular complexity index is 979. The summed E-state index contributed by atoms with van der Waals surface area (Å²) in [6, 6.07) is 12.8. The molecule has 5 nitrogen and oxygen atoms in total. The molecule has 2 aliphatic rings. The number of carbonyl (C=O) groups excluding carboxylic acids is 2. The minimum Gasteiger partial charge on any atom is -0.392 e. The molecule has 1 aliphatic heterocycles. The third kappa shape index (κ3) is 4.30. The molecule has 0 saturated carbocycles. The maximum Gasteiger partial charge on any atom is 0.246 e. The molecule has 2 amide bonds. The van der Waals surface area contributed by atoms with E-state index in [0.29, 0.717) is 6.54 Å². The summed E-state index contributed by atoms with van der Waals surface area (Å²) in [5.41, 5.74) is 4.13. The molecule has 0 aromatic heterocycles. The van der Waals surface area contributed by atoms with E-state index in [-0.39, 0.29) is 30.3 Å². The Hall–Kier alpha value is -2.31. The first-order chi connectivity index (χ1) is 15.5. The fraction of sp³-hybridized carbons (Fsp3) is 0.462. The molecule has 0 spiro atoms. The van der Waals surface area contributed by atoms with Crippen molar-refractivity contribution in [2.75, 3.05) is 0 Å². The summed E-state index contributed by atoms with van der Waals surface area (Å²) in [5, 5.41) is 13.0. The molecule has 1 fully saturated rings. The van der Waals surface area contributed by atoms with Crippen LogP contribution in [0.3, 0.4) is 0 Å². The fourth-order valence-corrected chi connectivity index (χ4v) is 5.61. The number of thiol groups is 1. The van der Waals surface area contributed by atoms with Crippen molar-refractivity contribution in [3.05, 3.63) is 64.7 Å². The molecule has 1 saturated heterocycles. The number of hydrogen-bond acceptors (Lipinski definition) is 4. The van der Waals surface area contributed by atoms with Gasteiger partial charge in [0.15, 0.2) is 0 Å². The third-order valence-electron chi connectivity index (χ3n) is 7.20. The Labute approximate surface area is 195 Å². The van der Waals surface area contributed by atoms with Crippen LogP contribution in [-0.2, 0) is 35.6 Å². The first-order valence-corrected chi connectivity index (χ1v) is 12.0. The van der Waals surface area contributed by atoms with Crippen molar-refractivity contribution in [3.63, 3.8) is 0 Å². The Balaban J connectivity index is 1.66. The van der Waals surface area contributed by atoms with Gasteiger partial charge in [0.1, 0.15) is 12.1 Å². The second-order valence-electron chi connectivity index (χ2n) is 9.02. The lowest BCUT2D eigenvalue weighted by molar-refractivity contribution is -0.154. The van der Waals surface area contributed by atoms with Crippen molar-refractivity contribution < 1.29 is 14.7 Å². The van der Waals surface area contributed by atoms with Gasteiger partial charge in [-0.2, -0.15) is 0 Å². The van der Waals surface area contributed by atoms with Crippen LogP contribution in [0.15, 0.2) is 47.4 Å². The van der Waals surface area contributed by atoms with E-state index in [1.807, 2.05) is 30.3 Å². The summed E-state index contributed by atoms with van der Waals surface area (Å²) in [5.74, 6) is 0.0716. The summed E-state index contributed by atoms with van der Waals surface area (Å²) < 4.78 is 0.